The molecule has 0 bridgehead atoms. The first-order valence-corrected chi connectivity index (χ1v) is 3.15. The van der Waals surface area contributed by atoms with Gasteiger partial charge in [0.05, 0.1) is 0 Å². The maximum atomic E-state index is 5.68. The molecule has 1 nitrogen and oxygen atoms in total. The number of hydrogen-bond acceptors (Lipinski definition) is 1. The molecule has 1 rings (SSSR count). The van der Waals surface area contributed by atoms with Crippen molar-refractivity contribution >= 4 is 0 Å². The standard InChI is InChI=1S/C7H13N/c1-5-3-4-7(8)6(5)2/h3-7H,8H2,1-2H3. The molecule has 0 spiro atoms. The zero-order valence-corrected chi connectivity index (χ0v) is 5.46. The van der Waals surface area contributed by atoms with Gasteiger partial charge < -0.3 is 5.73 Å². The largest absolute Gasteiger partial charge is 0.324 e. The van der Waals surface area contributed by atoms with Crippen LogP contribution in [0.1, 0.15) is 13.8 Å². The number of allylic oxidation sites excluding steroid dienone is 1. The third-order valence-corrected chi connectivity index (χ3v) is 2.07. The summed E-state index contributed by atoms with van der Waals surface area (Å²) in [6.45, 7) is 4.39. The third-order valence-electron chi connectivity index (χ3n) is 2.07. The molecule has 3 unspecified atom stereocenters. The molecule has 0 aromatic rings. The van der Waals surface area contributed by atoms with Gasteiger partial charge in [0.1, 0.15) is 0 Å². The van der Waals surface area contributed by atoms with E-state index in [0.29, 0.717) is 17.9 Å². The summed E-state index contributed by atoms with van der Waals surface area (Å²) in [7, 11) is 0. The quantitative estimate of drug-likeness (QED) is 0.466. The Bertz CT molecular complexity index is 95.0. The van der Waals surface area contributed by atoms with E-state index in [0.717, 1.165) is 0 Å². The highest BCUT2D eigenvalue weighted by Gasteiger charge is 2.20. The molecule has 0 saturated heterocycles. The molecular formula is C7H13N. The molecule has 0 heterocycles. The Balaban J connectivity index is 2.55. The lowest BCUT2D eigenvalue weighted by Gasteiger charge is -2.12. The van der Waals surface area contributed by atoms with E-state index < -0.39 is 0 Å². The highest BCUT2D eigenvalue weighted by molar-refractivity contribution is 5.06. The average Bonchev–Trinajstić information content (AvgIpc) is 1.98. The maximum absolute atomic E-state index is 5.68. The molecule has 2 N–H and O–H groups in total. The van der Waals surface area contributed by atoms with Gasteiger partial charge in [0.15, 0.2) is 0 Å². The number of hydrogen-bond donors (Lipinski definition) is 1. The van der Waals surface area contributed by atoms with Gasteiger partial charge in [-0.2, -0.15) is 0 Å². The Hall–Kier alpha value is -0.300. The molecule has 1 aliphatic carbocycles. The lowest BCUT2D eigenvalue weighted by atomic mass is 9.97. The van der Waals surface area contributed by atoms with Crippen molar-refractivity contribution in [3.05, 3.63) is 12.2 Å². The van der Waals surface area contributed by atoms with Crippen LogP contribution in [0.3, 0.4) is 0 Å². The summed E-state index contributed by atoms with van der Waals surface area (Å²) in [5.41, 5.74) is 5.68. The van der Waals surface area contributed by atoms with Gasteiger partial charge in [-0.25, -0.2) is 0 Å². The Labute approximate surface area is 50.6 Å². The van der Waals surface area contributed by atoms with Gasteiger partial charge in [0.2, 0.25) is 0 Å². The first-order valence-electron chi connectivity index (χ1n) is 3.15. The topological polar surface area (TPSA) is 26.0 Å². The van der Waals surface area contributed by atoms with Crippen molar-refractivity contribution in [2.24, 2.45) is 17.6 Å². The Kier molecular flexibility index (Phi) is 1.39. The highest BCUT2D eigenvalue weighted by atomic mass is 14.6. The van der Waals surface area contributed by atoms with Crippen LogP contribution in [0.2, 0.25) is 0 Å². The lowest BCUT2D eigenvalue weighted by Crippen LogP contribution is -2.24. The molecule has 0 aromatic carbocycles. The van der Waals surface area contributed by atoms with Crippen LogP contribution in [0, 0.1) is 11.8 Å². The molecule has 0 fully saturated rings. The van der Waals surface area contributed by atoms with E-state index in [2.05, 4.69) is 26.0 Å². The molecule has 1 heteroatoms. The van der Waals surface area contributed by atoms with E-state index in [-0.39, 0.29) is 0 Å². The van der Waals surface area contributed by atoms with E-state index in [1.807, 2.05) is 0 Å². The van der Waals surface area contributed by atoms with Crippen molar-refractivity contribution in [2.45, 2.75) is 19.9 Å². The molecule has 0 amide bonds. The molecular weight excluding hydrogens is 98.1 g/mol. The first kappa shape index (κ1) is 5.83. The van der Waals surface area contributed by atoms with Crippen molar-refractivity contribution < 1.29 is 0 Å². The van der Waals surface area contributed by atoms with Crippen LogP contribution in [-0.4, -0.2) is 6.04 Å². The monoisotopic (exact) mass is 111 g/mol. The number of rotatable bonds is 0. The molecule has 0 aromatic heterocycles. The average molecular weight is 111 g/mol. The summed E-state index contributed by atoms with van der Waals surface area (Å²) < 4.78 is 0. The van der Waals surface area contributed by atoms with Crippen LogP contribution in [-0.2, 0) is 0 Å². The van der Waals surface area contributed by atoms with E-state index in [1.54, 1.807) is 0 Å². The molecule has 3 atom stereocenters. The van der Waals surface area contributed by atoms with Gasteiger partial charge in [-0.05, 0) is 11.8 Å². The lowest BCUT2D eigenvalue weighted by molar-refractivity contribution is 0.451. The minimum absolute atomic E-state index is 0.310. The summed E-state index contributed by atoms with van der Waals surface area (Å²) in [4.78, 5) is 0. The van der Waals surface area contributed by atoms with Crippen molar-refractivity contribution in [3.63, 3.8) is 0 Å². The third kappa shape index (κ3) is 0.781. The van der Waals surface area contributed by atoms with Gasteiger partial charge in [0.25, 0.3) is 0 Å². The molecule has 46 valence electrons. The van der Waals surface area contributed by atoms with E-state index in [1.165, 1.54) is 0 Å². The smallest absolute Gasteiger partial charge is 0.0255 e. The molecule has 0 radical (unpaired) electrons. The van der Waals surface area contributed by atoms with Crippen molar-refractivity contribution in [3.8, 4) is 0 Å². The van der Waals surface area contributed by atoms with Crippen LogP contribution >= 0.6 is 0 Å². The SMILES string of the molecule is CC1C=CC(N)C1C. The predicted octanol–water partition coefficient (Wildman–Crippen LogP) is 1.16. The molecule has 8 heavy (non-hydrogen) atoms. The Morgan fingerprint density at radius 3 is 2.00 bits per heavy atom. The van der Waals surface area contributed by atoms with Crippen molar-refractivity contribution in [1.82, 2.24) is 0 Å². The van der Waals surface area contributed by atoms with Crippen LogP contribution in [0.5, 0.6) is 0 Å². The van der Waals surface area contributed by atoms with E-state index in [9.17, 15) is 0 Å². The summed E-state index contributed by atoms with van der Waals surface area (Å²) >= 11 is 0. The van der Waals surface area contributed by atoms with Gasteiger partial charge >= 0.3 is 0 Å². The maximum Gasteiger partial charge on any atom is 0.0255 e. The Morgan fingerprint density at radius 2 is 1.88 bits per heavy atom. The van der Waals surface area contributed by atoms with Gasteiger partial charge in [0, 0.05) is 6.04 Å². The first-order chi connectivity index (χ1) is 3.72. The molecule has 1 aliphatic rings. The highest BCUT2D eigenvalue weighted by Crippen LogP contribution is 2.22. The fraction of sp³-hybridized carbons (Fsp3) is 0.714. The van der Waals surface area contributed by atoms with Gasteiger partial charge in [-0.3, -0.25) is 0 Å². The fourth-order valence-electron chi connectivity index (χ4n) is 1.00. The van der Waals surface area contributed by atoms with Crippen LogP contribution in [0.4, 0.5) is 0 Å². The fourth-order valence-corrected chi connectivity index (χ4v) is 1.00. The predicted molar refractivity (Wildman–Crippen MR) is 35.4 cm³/mol. The summed E-state index contributed by atoms with van der Waals surface area (Å²) in [6.07, 6.45) is 4.28. The zero-order valence-electron chi connectivity index (χ0n) is 5.46. The number of nitrogens with two attached hydrogens (primary N) is 1. The normalized spacial score (nSPS) is 45.6. The van der Waals surface area contributed by atoms with Crippen molar-refractivity contribution in [1.29, 1.82) is 0 Å². The van der Waals surface area contributed by atoms with Gasteiger partial charge in [-0.15, -0.1) is 0 Å². The molecule has 0 saturated carbocycles. The van der Waals surface area contributed by atoms with E-state index in [4.69, 9.17) is 5.73 Å². The summed E-state index contributed by atoms with van der Waals surface area (Å²) in [5, 5.41) is 0. The zero-order chi connectivity index (χ0) is 6.15. The second-order valence-electron chi connectivity index (χ2n) is 2.68. The minimum Gasteiger partial charge on any atom is -0.324 e. The summed E-state index contributed by atoms with van der Waals surface area (Å²) in [5.74, 6) is 1.33. The van der Waals surface area contributed by atoms with Crippen LogP contribution < -0.4 is 5.73 Å². The second kappa shape index (κ2) is 1.90. The Morgan fingerprint density at radius 1 is 1.25 bits per heavy atom. The van der Waals surface area contributed by atoms with Gasteiger partial charge in [-0.1, -0.05) is 26.0 Å². The van der Waals surface area contributed by atoms with Crippen LogP contribution in [0.15, 0.2) is 12.2 Å². The van der Waals surface area contributed by atoms with E-state index >= 15 is 0 Å². The minimum atomic E-state index is 0.310. The molecule has 0 aliphatic heterocycles. The second-order valence-corrected chi connectivity index (χ2v) is 2.68. The van der Waals surface area contributed by atoms with Crippen LogP contribution in [0.25, 0.3) is 0 Å². The van der Waals surface area contributed by atoms with Crippen molar-refractivity contribution in [2.75, 3.05) is 0 Å². The summed E-state index contributed by atoms with van der Waals surface area (Å²) in [6, 6.07) is 0.310.